The molecule has 2 fully saturated rings. The van der Waals surface area contributed by atoms with E-state index in [9.17, 15) is 0 Å². The van der Waals surface area contributed by atoms with Crippen LogP contribution in [-0.4, -0.2) is 20.1 Å². The summed E-state index contributed by atoms with van der Waals surface area (Å²) < 4.78 is 0. The zero-order valence-electron chi connectivity index (χ0n) is 13.9. The number of fused-ring (bicyclic) bond motifs is 1. The minimum Gasteiger partial charge on any atom is -0.382 e. The number of hydrogen-bond donors (Lipinski definition) is 1. The molecule has 0 spiro atoms. The summed E-state index contributed by atoms with van der Waals surface area (Å²) in [5.74, 6) is 2.03. The molecule has 3 rings (SSSR count). The molecule has 0 aromatic heterocycles. The van der Waals surface area contributed by atoms with Crippen LogP contribution in [0.1, 0.15) is 50.5 Å². The molecule has 2 aliphatic rings. The zero-order chi connectivity index (χ0) is 14.8. The number of aryl methyl sites for hydroxylation is 1. The standard InChI is InChI=1S/C19H30N2/c1-14-12-18(21(2)3)10-11-19(14)20-17-9-8-15-6-4-5-7-16(15)13-17/h10-12,15-17,20H,4-9,13H2,1-3H3. The van der Waals surface area contributed by atoms with Gasteiger partial charge in [-0.25, -0.2) is 0 Å². The summed E-state index contributed by atoms with van der Waals surface area (Å²) in [6.07, 6.45) is 10.1. The van der Waals surface area contributed by atoms with E-state index in [1.54, 1.807) is 0 Å². The highest BCUT2D eigenvalue weighted by molar-refractivity contribution is 5.60. The second kappa shape index (κ2) is 6.29. The molecule has 116 valence electrons. The molecule has 0 heterocycles. The maximum atomic E-state index is 3.83. The third kappa shape index (κ3) is 3.36. The van der Waals surface area contributed by atoms with Crippen molar-refractivity contribution in [2.24, 2.45) is 11.8 Å². The third-order valence-electron chi connectivity index (χ3n) is 5.63. The van der Waals surface area contributed by atoms with Gasteiger partial charge >= 0.3 is 0 Å². The first-order chi connectivity index (χ1) is 10.1. The Hall–Kier alpha value is -1.18. The summed E-state index contributed by atoms with van der Waals surface area (Å²) in [6.45, 7) is 2.22. The highest BCUT2D eigenvalue weighted by Crippen LogP contribution is 2.41. The fraction of sp³-hybridized carbons (Fsp3) is 0.684. The lowest BCUT2D eigenvalue weighted by molar-refractivity contribution is 0.162. The maximum absolute atomic E-state index is 3.83. The highest BCUT2D eigenvalue weighted by Gasteiger charge is 2.32. The van der Waals surface area contributed by atoms with Crippen LogP contribution in [0.2, 0.25) is 0 Å². The van der Waals surface area contributed by atoms with Crippen molar-refractivity contribution in [2.75, 3.05) is 24.3 Å². The molecule has 2 aliphatic carbocycles. The van der Waals surface area contributed by atoms with E-state index in [0.29, 0.717) is 6.04 Å². The van der Waals surface area contributed by atoms with Crippen LogP contribution in [0.15, 0.2) is 18.2 Å². The predicted octanol–water partition coefficient (Wildman–Crippen LogP) is 4.83. The van der Waals surface area contributed by atoms with Crippen LogP contribution in [0.4, 0.5) is 11.4 Å². The van der Waals surface area contributed by atoms with Gasteiger partial charge in [0, 0.05) is 31.5 Å². The number of hydrogen-bond acceptors (Lipinski definition) is 2. The van der Waals surface area contributed by atoms with Crippen LogP contribution in [0, 0.1) is 18.8 Å². The van der Waals surface area contributed by atoms with Crippen LogP contribution in [0.3, 0.4) is 0 Å². The normalized spacial score (nSPS) is 28.8. The lowest BCUT2D eigenvalue weighted by atomic mass is 9.69. The second-order valence-corrected chi connectivity index (χ2v) is 7.35. The number of anilines is 2. The molecule has 3 unspecified atom stereocenters. The van der Waals surface area contributed by atoms with Gasteiger partial charge in [0.05, 0.1) is 0 Å². The van der Waals surface area contributed by atoms with Gasteiger partial charge in [-0.15, -0.1) is 0 Å². The molecule has 1 aromatic rings. The average molecular weight is 286 g/mol. The molecule has 21 heavy (non-hydrogen) atoms. The highest BCUT2D eigenvalue weighted by atomic mass is 15.1. The largest absolute Gasteiger partial charge is 0.382 e. The molecule has 1 aromatic carbocycles. The number of nitrogens with zero attached hydrogens (tertiary/aromatic N) is 1. The smallest absolute Gasteiger partial charge is 0.0373 e. The van der Waals surface area contributed by atoms with Crippen molar-refractivity contribution in [3.63, 3.8) is 0 Å². The Labute approximate surface area is 129 Å². The van der Waals surface area contributed by atoms with Crippen molar-refractivity contribution in [3.8, 4) is 0 Å². The number of rotatable bonds is 3. The van der Waals surface area contributed by atoms with Crippen LogP contribution in [0.25, 0.3) is 0 Å². The molecule has 2 saturated carbocycles. The second-order valence-electron chi connectivity index (χ2n) is 7.35. The van der Waals surface area contributed by atoms with Gasteiger partial charge in [-0.1, -0.05) is 25.7 Å². The Morgan fingerprint density at radius 2 is 1.76 bits per heavy atom. The SMILES string of the molecule is Cc1cc(N(C)C)ccc1NC1CCC2CCCCC2C1. The van der Waals surface area contributed by atoms with Crippen molar-refractivity contribution in [3.05, 3.63) is 23.8 Å². The summed E-state index contributed by atoms with van der Waals surface area (Å²) in [5.41, 5.74) is 3.99. The first-order valence-electron chi connectivity index (χ1n) is 8.68. The lowest BCUT2D eigenvalue weighted by Gasteiger charge is -2.40. The minimum absolute atomic E-state index is 0.688. The van der Waals surface area contributed by atoms with Crippen LogP contribution in [-0.2, 0) is 0 Å². The fourth-order valence-electron chi connectivity index (χ4n) is 4.31. The van der Waals surface area contributed by atoms with Crippen LogP contribution < -0.4 is 10.2 Å². The van der Waals surface area contributed by atoms with Crippen molar-refractivity contribution in [1.82, 2.24) is 0 Å². The van der Waals surface area contributed by atoms with E-state index in [1.165, 1.54) is 61.9 Å². The summed E-state index contributed by atoms with van der Waals surface area (Å²) in [4.78, 5) is 2.17. The quantitative estimate of drug-likeness (QED) is 0.856. The number of benzene rings is 1. The Kier molecular flexibility index (Phi) is 4.42. The van der Waals surface area contributed by atoms with Gasteiger partial charge in [0.25, 0.3) is 0 Å². The van der Waals surface area contributed by atoms with Crippen molar-refractivity contribution in [2.45, 2.75) is 57.9 Å². The average Bonchev–Trinajstić information content (AvgIpc) is 2.49. The molecular formula is C19H30N2. The van der Waals surface area contributed by atoms with Crippen LogP contribution in [0.5, 0.6) is 0 Å². The molecule has 0 amide bonds. The Balaban J connectivity index is 1.64. The first-order valence-corrected chi connectivity index (χ1v) is 8.68. The third-order valence-corrected chi connectivity index (χ3v) is 5.63. The number of nitrogens with one attached hydrogen (secondary N) is 1. The van der Waals surface area contributed by atoms with Crippen molar-refractivity contribution >= 4 is 11.4 Å². The van der Waals surface area contributed by atoms with Gasteiger partial charge in [-0.2, -0.15) is 0 Å². The van der Waals surface area contributed by atoms with E-state index in [-0.39, 0.29) is 0 Å². The van der Waals surface area contributed by atoms with E-state index >= 15 is 0 Å². The van der Waals surface area contributed by atoms with Crippen molar-refractivity contribution < 1.29 is 0 Å². The van der Waals surface area contributed by atoms with Gasteiger partial charge in [0.2, 0.25) is 0 Å². The molecule has 3 atom stereocenters. The predicted molar refractivity (Wildman–Crippen MR) is 92.2 cm³/mol. The van der Waals surface area contributed by atoms with Gasteiger partial charge in [-0.3, -0.25) is 0 Å². The summed E-state index contributed by atoms with van der Waals surface area (Å²) in [7, 11) is 4.21. The summed E-state index contributed by atoms with van der Waals surface area (Å²) in [6, 6.07) is 7.46. The molecule has 0 aliphatic heterocycles. The summed E-state index contributed by atoms with van der Waals surface area (Å²) in [5, 5.41) is 3.83. The fourth-order valence-corrected chi connectivity index (χ4v) is 4.31. The minimum atomic E-state index is 0.688. The van der Waals surface area contributed by atoms with Gasteiger partial charge in [0.1, 0.15) is 0 Å². The molecule has 0 radical (unpaired) electrons. The van der Waals surface area contributed by atoms with Gasteiger partial charge in [-0.05, 0) is 61.8 Å². The molecular weight excluding hydrogens is 256 g/mol. The monoisotopic (exact) mass is 286 g/mol. The van der Waals surface area contributed by atoms with Gasteiger partial charge < -0.3 is 10.2 Å². The Morgan fingerprint density at radius 3 is 2.48 bits per heavy atom. The van der Waals surface area contributed by atoms with Gasteiger partial charge in [0.15, 0.2) is 0 Å². The molecule has 2 heteroatoms. The molecule has 0 saturated heterocycles. The van der Waals surface area contributed by atoms with E-state index in [0.717, 1.165) is 11.8 Å². The first kappa shape index (κ1) is 14.7. The van der Waals surface area contributed by atoms with Crippen molar-refractivity contribution in [1.29, 1.82) is 0 Å². The zero-order valence-corrected chi connectivity index (χ0v) is 13.9. The van der Waals surface area contributed by atoms with Crippen LogP contribution >= 0.6 is 0 Å². The lowest BCUT2D eigenvalue weighted by Crippen LogP contribution is -2.34. The Morgan fingerprint density at radius 1 is 1.00 bits per heavy atom. The topological polar surface area (TPSA) is 15.3 Å². The molecule has 2 nitrogen and oxygen atoms in total. The summed E-state index contributed by atoms with van der Waals surface area (Å²) >= 11 is 0. The van der Waals surface area contributed by atoms with E-state index in [4.69, 9.17) is 0 Å². The molecule has 1 N–H and O–H groups in total. The maximum Gasteiger partial charge on any atom is 0.0373 e. The Bertz CT molecular complexity index is 480. The molecule has 0 bridgehead atoms. The van der Waals surface area contributed by atoms with E-state index in [1.807, 2.05) is 0 Å². The van der Waals surface area contributed by atoms with E-state index < -0.39 is 0 Å². The van der Waals surface area contributed by atoms with E-state index in [2.05, 4.69) is 49.4 Å².